The molecule has 6 nitrogen and oxygen atoms in total. The molecule has 1 aromatic carbocycles. The third-order valence-electron chi connectivity index (χ3n) is 3.62. The molecule has 2 atom stereocenters. The Morgan fingerprint density at radius 2 is 1.77 bits per heavy atom. The van der Waals surface area contributed by atoms with E-state index >= 15 is 0 Å². The van der Waals surface area contributed by atoms with Crippen LogP contribution < -0.4 is 5.32 Å². The van der Waals surface area contributed by atoms with Gasteiger partial charge in [-0.3, -0.25) is 14.9 Å². The third-order valence-corrected chi connectivity index (χ3v) is 3.62. The Morgan fingerprint density at radius 1 is 1.27 bits per heavy atom. The zero-order valence-corrected chi connectivity index (χ0v) is 11.8. The van der Waals surface area contributed by atoms with E-state index in [9.17, 15) is 33.2 Å². The molecule has 0 radical (unpaired) electrons. The summed E-state index contributed by atoms with van der Waals surface area (Å²) >= 11 is 0. The van der Waals surface area contributed by atoms with Gasteiger partial charge in [0, 0.05) is 10.6 Å². The van der Waals surface area contributed by atoms with E-state index in [2.05, 4.69) is 5.32 Å². The summed E-state index contributed by atoms with van der Waals surface area (Å²) in [6.45, 7) is -0.575. The SMILES string of the molecule is CC(O)(C(=O)Nc1ccccc1)C(C)(C[N+](=O)[O-])C(F)(F)F. The summed E-state index contributed by atoms with van der Waals surface area (Å²) in [4.78, 5) is 21.4. The Bertz CT molecular complexity index is 560. The summed E-state index contributed by atoms with van der Waals surface area (Å²) in [6, 6.07) is 7.51. The van der Waals surface area contributed by atoms with Gasteiger partial charge in [-0.25, -0.2) is 0 Å². The molecular weight excluding hydrogens is 305 g/mol. The number of rotatable bonds is 5. The molecular formula is C13H15F3N2O4. The van der Waals surface area contributed by atoms with Crippen LogP contribution >= 0.6 is 0 Å². The fourth-order valence-electron chi connectivity index (χ4n) is 1.80. The second kappa shape index (κ2) is 5.91. The number of anilines is 1. The normalized spacial score (nSPS) is 17.2. The number of carbonyl (C=O) groups is 1. The number of amides is 1. The largest absolute Gasteiger partial charge is 0.403 e. The number of hydrogen-bond acceptors (Lipinski definition) is 4. The number of nitrogens with zero attached hydrogens (tertiary/aromatic N) is 1. The number of carbonyl (C=O) groups excluding carboxylic acids is 1. The standard InChI is InChI=1S/C13H15F3N2O4/c1-11(8-18(21)22,13(14,15)16)12(2,20)10(19)17-9-6-4-3-5-7-9/h3-7,20H,8H2,1-2H3,(H,17,19). The zero-order valence-electron chi connectivity index (χ0n) is 11.8. The molecule has 9 heteroatoms. The Labute approximate surface area is 124 Å². The van der Waals surface area contributed by atoms with Crippen LogP contribution in [-0.2, 0) is 4.79 Å². The van der Waals surface area contributed by atoms with Crippen LogP contribution in [-0.4, -0.2) is 34.3 Å². The first-order valence-corrected chi connectivity index (χ1v) is 6.19. The maximum absolute atomic E-state index is 13.2. The average molecular weight is 320 g/mol. The summed E-state index contributed by atoms with van der Waals surface area (Å²) in [7, 11) is 0. The van der Waals surface area contributed by atoms with Crippen LogP contribution in [0.1, 0.15) is 13.8 Å². The van der Waals surface area contributed by atoms with Crippen molar-refractivity contribution in [2.45, 2.75) is 25.6 Å². The van der Waals surface area contributed by atoms with Crippen molar-refractivity contribution in [1.82, 2.24) is 0 Å². The van der Waals surface area contributed by atoms with Gasteiger partial charge in [-0.1, -0.05) is 18.2 Å². The van der Waals surface area contributed by atoms with E-state index < -0.39 is 34.6 Å². The number of nitrogens with one attached hydrogen (secondary N) is 1. The predicted molar refractivity (Wildman–Crippen MR) is 71.7 cm³/mol. The van der Waals surface area contributed by atoms with Gasteiger partial charge < -0.3 is 10.4 Å². The summed E-state index contributed by atoms with van der Waals surface area (Å²) in [5.74, 6) is -1.37. The molecule has 2 unspecified atom stereocenters. The number of halogens is 3. The number of alkyl halides is 3. The molecule has 1 aromatic rings. The lowest BCUT2D eigenvalue weighted by atomic mass is 9.72. The van der Waals surface area contributed by atoms with Gasteiger partial charge in [0.1, 0.15) is 0 Å². The molecule has 2 N–H and O–H groups in total. The molecule has 1 rings (SSSR count). The summed E-state index contributed by atoms with van der Waals surface area (Å²) in [5.41, 5.74) is -6.12. The second-order valence-corrected chi connectivity index (χ2v) is 5.21. The van der Waals surface area contributed by atoms with E-state index in [-0.39, 0.29) is 5.69 Å². The van der Waals surface area contributed by atoms with Crippen LogP contribution in [0.3, 0.4) is 0 Å². The number of nitro groups is 1. The fraction of sp³-hybridized carbons (Fsp3) is 0.462. The van der Waals surface area contributed by atoms with Crippen molar-refractivity contribution in [3.63, 3.8) is 0 Å². The molecule has 22 heavy (non-hydrogen) atoms. The zero-order chi connectivity index (χ0) is 17.2. The van der Waals surface area contributed by atoms with Crippen molar-refractivity contribution in [3.8, 4) is 0 Å². The Hall–Kier alpha value is -2.16. The lowest BCUT2D eigenvalue weighted by Gasteiger charge is -2.39. The fourth-order valence-corrected chi connectivity index (χ4v) is 1.80. The van der Waals surface area contributed by atoms with Crippen molar-refractivity contribution in [1.29, 1.82) is 0 Å². The van der Waals surface area contributed by atoms with Gasteiger partial charge >= 0.3 is 6.18 Å². The molecule has 0 saturated carbocycles. The van der Waals surface area contributed by atoms with Crippen LogP contribution in [0.15, 0.2) is 30.3 Å². The summed E-state index contributed by atoms with van der Waals surface area (Å²) in [5, 5.41) is 22.8. The molecule has 1 amide bonds. The van der Waals surface area contributed by atoms with Gasteiger partial charge in [0.25, 0.3) is 5.91 Å². The maximum Gasteiger partial charge on any atom is 0.403 e. The lowest BCUT2D eigenvalue weighted by Crippen LogP contribution is -2.62. The van der Waals surface area contributed by atoms with E-state index in [1.54, 1.807) is 6.07 Å². The van der Waals surface area contributed by atoms with Crippen LogP contribution in [0.5, 0.6) is 0 Å². The molecule has 0 bridgehead atoms. The monoisotopic (exact) mass is 320 g/mol. The van der Waals surface area contributed by atoms with Crippen LogP contribution in [0, 0.1) is 15.5 Å². The second-order valence-electron chi connectivity index (χ2n) is 5.21. The molecule has 122 valence electrons. The number of aliphatic hydroxyl groups is 1. The van der Waals surface area contributed by atoms with Crippen LogP contribution in [0.25, 0.3) is 0 Å². The molecule has 0 aliphatic heterocycles. The molecule has 0 fully saturated rings. The van der Waals surface area contributed by atoms with Gasteiger partial charge in [-0.15, -0.1) is 0 Å². The van der Waals surface area contributed by atoms with Gasteiger partial charge in [0.2, 0.25) is 6.54 Å². The predicted octanol–water partition coefficient (Wildman–Crippen LogP) is 2.22. The number of hydrogen-bond donors (Lipinski definition) is 2. The van der Waals surface area contributed by atoms with Gasteiger partial charge in [-0.05, 0) is 26.0 Å². The van der Waals surface area contributed by atoms with Crippen molar-refractivity contribution in [3.05, 3.63) is 40.4 Å². The first-order chi connectivity index (χ1) is 9.92. The Balaban J connectivity index is 3.16. The third kappa shape index (κ3) is 3.35. The lowest BCUT2D eigenvalue weighted by molar-refractivity contribution is -0.517. The Morgan fingerprint density at radius 3 is 2.18 bits per heavy atom. The molecule has 0 aliphatic carbocycles. The number of benzene rings is 1. The highest BCUT2D eigenvalue weighted by Gasteiger charge is 2.67. The maximum atomic E-state index is 13.2. The number of para-hydroxylation sites is 1. The van der Waals surface area contributed by atoms with Crippen LogP contribution in [0.4, 0.5) is 18.9 Å². The van der Waals surface area contributed by atoms with Crippen LogP contribution in [0.2, 0.25) is 0 Å². The first-order valence-electron chi connectivity index (χ1n) is 6.19. The quantitative estimate of drug-likeness (QED) is 0.643. The molecule has 0 aliphatic rings. The minimum Gasteiger partial charge on any atom is -0.379 e. The topological polar surface area (TPSA) is 92.5 Å². The van der Waals surface area contributed by atoms with E-state index in [1.807, 2.05) is 0 Å². The molecule has 0 aromatic heterocycles. The van der Waals surface area contributed by atoms with Crippen molar-refractivity contribution >= 4 is 11.6 Å². The van der Waals surface area contributed by atoms with E-state index in [1.165, 1.54) is 24.3 Å². The highest BCUT2D eigenvalue weighted by atomic mass is 19.4. The van der Waals surface area contributed by atoms with E-state index in [4.69, 9.17) is 0 Å². The summed E-state index contributed by atoms with van der Waals surface area (Å²) in [6.07, 6.45) is -5.16. The molecule has 0 saturated heterocycles. The highest BCUT2D eigenvalue weighted by molar-refractivity contribution is 5.97. The van der Waals surface area contributed by atoms with Crippen molar-refractivity contribution in [2.75, 3.05) is 11.9 Å². The van der Waals surface area contributed by atoms with Crippen molar-refractivity contribution in [2.24, 2.45) is 5.41 Å². The smallest absolute Gasteiger partial charge is 0.379 e. The molecule has 0 heterocycles. The minimum absolute atomic E-state index is 0.165. The van der Waals surface area contributed by atoms with E-state index in [0.717, 1.165) is 0 Å². The molecule has 0 spiro atoms. The van der Waals surface area contributed by atoms with Gasteiger partial charge in [0.15, 0.2) is 11.0 Å². The minimum atomic E-state index is -5.16. The van der Waals surface area contributed by atoms with Crippen molar-refractivity contribution < 1.29 is 28.0 Å². The van der Waals surface area contributed by atoms with E-state index in [0.29, 0.717) is 13.8 Å². The average Bonchev–Trinajstić information content (AvgIpc) is 2.37. The van der Waals surface area contributed by atoms with Gasteiger partial charge in [0.05, 0.1) is 0 Å². The first kappa shape index (κ1) is 17.9. The Kier molecular flexibility index (Phi) is 4.81. The van der Waals surface area contributed by atoms with Gasteiger partial charge in [-0.2, -0.15) is 13.2 Å². The summed E-state index contributed by atoms with van der Waals surface area (Å²) < 4.78 is 39.6. The highest BCUT2D eigenvalue weighted by Crippen LogP contribution is 2.46.